The lowest BCUT2D eigenvalue weighted by Gasteiger charge is -2.08. The number of hydrogen-bond acceptors (Lipinski definition) is 4. The summed E-state index contributed by atoms with van der Waals surface area (Å²) in [5, 5.41) is 1.18. The molecule has 0 atom stereocenters. The van der Waals surface area contributed by atoms with Gasteiger partial charge in [0.25, 0.3) is 0 Å². The van der Waals surface area contributed by atoms with Gasteiger partial charge in [-0.25, -0.2) is 9.97 Å². The number of ether oxygens (including phenoxy) is 1. The van der Waals surface area contributed by atoms with E-state index in [0.717, 1.165) is 11.3 Å². The van der Waals surface area contributed by atoms with Crippen LogP contribution in [0.3, 0.4) is 0 Å². The third-order valence-electron chi connectivity index (χ3n) is 2.53. The molecule has 0 aliphatic carbocycles. The van der Waals surface area contributed by atoms with Crippen LogP contribution in [0.4, 0.5) is 5.82 Å². The van der Waals surface area contributed by atoms with Gasteiger partial charge < -0.3 is 10.5 Å². The minimum atomic E-state index is 0.385. The number of nitrogens with zero attached hydrogens (tertiary/aromatic N) is 2. The number of hydrogen-bond donors (Lipinski definition) is 1. The molecule has 0 saturated heterocycles. The molecule has 2 N–H and O–H groups in total. The fourth-order valence-corrected chi connectivity index (χ4v) is 2.27. The molecule has 0 aliphatic heterocycles. The molecule has 1 aromatic heterocycles. The normalized spacial score (nSPS) is 10.7. The lowest BCUT2D eigenvalue weighted by Crippen LogP contribution is -2.05. The average Bonchev–Trinajstić information content (AvgIpc) is 2.34. The molecule has 0 saturated carbocycles. The van der Waals surface area contributed by atoms with E-state index in [0.29, 0.717) is 34.7 Å². The molecular weight excluding hydrogens is 285 g/mol. The standard InChI is InChI=1S/C13H13Cl2N3O/c1-19-7-8-5-12(16)18-13(17-8)6-9-10(14)3-2-4-11(9)15/h2-5H,6-7H2,1H3,(H2,16,17,18). The highest BCUT2D eigenvalue weighted by molar-refractivity contribution is 6.36. The lowest BCUT2D eigenvalue weighted by atomic mass is 10.1. The minimum Gasteiger partial charge on any atom is -0.384 e. The van der Waals surface area contributed by atoms with Gasteiger partial charge >= 0.3 is 0 Å². The topological polar surface area (TPSA) is 61.0 Å². The second kappa shape index (κ2) is 6.19. The molecule has 0 bridgehead atoms. The molecule has 6 heteroatoms. The van der Waals surface area contributed by atoms with Crippen LogP contribution in [0.15, 0.2) is 24.3 Å². The smallest absolute Gasteiger partial charge is 0.135 e. The maximum atomic E-state index is 6.12. The van der Waals surface area contributed by atoms with Gasteiger partial charge in [0.2, 0.25) is 0 Å². The van der Waals surface area contributed by atoms with Crippen LogP contribution in [0.5, 0.6) is 0 Å². The number of methoxy groups -OCH3 is 1. The summed E-state index contributed by atoms with van der Waals surface area (Å²) in [7, 11) is 1.60. The van der Waals surface area contributed by atoms with Crippen LogP contribution in [0, 0.1) is 0 Å². The largest absolute Gasteiger partial charge is 0.384 e. The van der Waals surface area contributed by atoms with Crippen molar-refractivity contribution in [3.05, 3.63) is 51.4 Å². The summed E-state index contributed by atoms with van der Waals surface area (Å²) in [6, 6.07) is 7.04. The zero-order valence-electron chi connectivity index (χ0n) is 10.4. The first kappa shape index (κ1) is 14.1. The summed E-state index contributed by atoms with van der Waals surface area (Å²) in [6.45, 7) is 0.385. The highest BCUT2D eigenvalue weighted by Crippen LogP contribution is 2.26. The van der Waals surface area contributed by atoms with Gasteiger partial charge in [-0.05, 0) is 17.7 Å². The van der Waals surface area contributed by atoms with Crippen molar-refractivity contribution in [2.45, 2.75) is 13.0 Å². The Balaban J connectivity index is 2.33. The predicted octanol–water partition coefficient (Wildman–Crippen LogP) is 3.10. The summed E-state index contributed by atoms with van der Waals surface area (Å²) in [5.74, 6) is 0.974. The summed E-state index contributed by atoms with van der Waals surface area (Å²) in [5.41, 5.74) is 7.27. The fraction of sp³-hybridized carbons (Fsp3) is 0.231. The van der Waals surface area contributed by atoms with Crippen molar-refractivity contribution >= 4 is 29.0 Å². The van der Waals surface area contributed by atoms with Crippen molar-refractivity contribution in [1.29, 1.82) is 0 Å². The van der Waals surface area contributed by atoms with Gasteiger partial charge in [0, 0.05) is 29.6 Å². The van der Waals surface area contributed by atoms with Gasteiger partial charge in [-0.2, -0.15) is 0 Å². The monoisotopic (exact) mass is 297 g/mol. The van der Waals surface area contributed by atoms with E-state index in [1.165, 1.54) is 0 Å². The summed E-state index contributed by atoms with van der Waals surface area (Å²) in [4.78, 5) is 8.55. The Morgan fingerprint density at radius 2 is 1.89 bits per heavy atom. The van der Waals surface area contributed by atoms with E-state index >= 15 is 0 Å². The number of halogens is 2. The SMILES string of the molecule is COCc1cc(N)nc(Cc2c(Cl)cccc2Cl)n1. The molecule has 0 aliphatic rings. The van der Waals surface area contributed by atoms with E-state index < -0.39 is 0 Å². The van der Waals surface area contributed by atoms with Gasteiger partial charge in [-0.3, -0.25) is 0 Å². The molecule has 4 nitrogen and oxygen atoms in total. The van der Waals surface area contributed by atoms with Crippen molar-refractivity contribution in [1.82, 2.24) is 9.97 Å². The molecule has 19 heavy (non-hydrogen) atoms. The van der Waals surface area contributed by atoms with Crippen molar-refractivity contribution in [2.75, 3.05) is 12.8 Å². The first-order valence-corrected chi connectivity index (χ1v) is 6.40. The second-order valence-corrected chi connectivity index (χ2v) is 4.82. The second-order valence-electron chi connectivity index (χ2n) is 4.01. The number of nitrogens with two attached hydrogens (primary N) is 1. The molecule has 2 aromatic rings. The van der Waals surface area contributed by atoms with Gasteiger partial charge in [0.1, 0.15) is 11.6 Å². The maximum absolute atomic E-state index is 6.12. The van der Waals surface area contributed by atoms with Gasteiger partial charge in [0.15, 0.2) is 0 Å². The zero-order valence-corrected chi connectivity index (χ0v) is 11.9. The van der Waals surface area contributed by atoms with Crippen LogP contribution in [0.1, 0.15) is 17.1 Å². The highest BCUT2D eigenvalue weighted by atomic mass is 35.5. The predicted molar refractivity (Wildman–Crippen MR) is 76.4 cm³/mol. The Morgan fingerprint density at radius 1 is 1.21 bits per heavy atom. The van der Waals surface area contributed by atoms with E-state index in [9.17, 15) is 0 Å². The van der Waals surface area contributed by atoms with Crippen molar-refractivity contribution in [3.8, 4) is 0 Å². The Bertz CT molecular complexity index is 570. The van der Waals surface area contributed by atoms with Gasteiger partial charge in [0.05, 0.1) is 12.3 Å². The Morgan fingerprint density at radius 3 is 2.53 bits per heavy atom. The van der Waals surface area contributed by atoms with Crippen molar-refractivity contribution in [2.24, 2.45) is 0 Å². The molecule has 100 valence electrons. The maximum Gasteiger partial charge on any atom is 0.135 e. The molecule has 1 aromatic carbocycles. The summed E-state index contributed by atoms with van der Waals surface area (Å²) < 4.78 is 5.04. The number of nitrogen functional groups attached to an aromatic ring is 1. The van der Waals surface area contributed by atoms with E-state index in [1.54, 1.807) is 31.4 Å². The number of aromatic nitrogens is 2. The third-order valence-corrected chi connectivity index (χ3v) is 3.24. The zero-order chi connectivity index (χ0) is 13.8. The van der Waals surface area contributed by atoms with E-state index in [1.807, 2.05) is 0 Å². The molecule has 0 fully saturated rings. The third kappa shape index (κ3) is 3.56. The summed E-state index contributed by atoms with van der Waals surface area (Å²) in [6.07, 6.45) is 0.431. The van der Waals surface area contributed by atoms with Crippen LogP contribution in [-0.4, -0.2) is 17.1 Å². The number of rotatable bonds is 4. The van der Waals surface area contributed by atoms with Crippen LogP contribution in [0.25, 0.3) is 0 Å². The number of benzene rings is 1. The average molecular weight is 298 g/mol. The Kier molecular flexibility index (Phi) is 4.58. The molecule has 1 heterocycles. The Labute approximate surface area is 121 Å². The van der Waals surface area contributed by atoms with Crippen molar-refractivity contribution < 1.29 is 4.74 Å². The quantitative estimate of drug-likeness (QED) is 0.942. The van der Waals surface area contributed by atoms with Crippen LogP contribution >= 0.6 is 23.2 Å². The van der Waals surface area contributed by atoms with Crippen LogP contribution in [0.2, 0.25) is 10.0 Å². The minimum absolute atomic E-state index is 0.385. The van der Waals surface area contributed by atoms with Gasteiger partial charge in [-0.1, -0.05) is 29.3 Å². The van der Waals surface area contributed by atoms with Crippen LogP contribution < -0.4 is 5.73 Å². The van der Waals surface area contributed by atoms with Gasteiger partial charge in [-0.15, -0.1) is 0 Å². The molecule has 2 rings (SSSR count). The number of anilines is 1. The highest BCUT2D eigenvalue weighted by Gasteiger charge is 2.10. The molecule has 0 spiro atoms. The summed E-state index contributed by atoms with van der Waals surface area (Å²) >= 11 is 12.2. The first-order chi connectivity index (χ1) is 9.10. The van der Waals surface area contributed by atoms with E-state index in [2.05, 4.69) is 9.97 Å². The molecular formula is C13H13Cl2N3O. The molecule has 0 radical (unpaired) electrons. The molecule has 0 amide bonds. The van der Waals surface area contributed by atoms with Crippen LogP contribution in [-0.2, 0) is 17.8 Å². The lowest BCUT2D eigenvalue weighted by molar-refractivity contribution is 0.181. The van der Waals surface area contributed by atoms with Crippen molar-refractivity contribution in [3.63, 3.8) is 0 Å². The fourth-order valence-electron chi connectivity index (χ4n) is 1.74. The van der Waals surface area contributed by atoms with E-state index in [-0.39, 0.29) is 0 Å². The Hall–Kier alpha value is -1.36. The first-order valence-electron chi connectivity index (χ1n) is 5.64. The van der Waals surface area contributed by atoms with E-state index in [4.69, 9.17) is 33.7 Å². The molecule has 0 unspecified atom stereocenters.